The summed E-state index contributed by atoms with van der Waals surface area (Å²) in [6.45, 7) is 2.10. The highest BCUT2D eigenvalue weighted by molar-refractivity contribution is 6.30. The summed E-state index contributed by atoms with van der Waals surface area (Å²) in [6.07, 6.45) is 7.32. The first kappa shape index (κ1) is 13.9. The third-order valence-electron chi connectivity index (χ3n) is 3.45. The average molecular weight is 298 g/mol. The molecule has 1 saturated heterocycles. The van der Waals surface area contributed by atoms with Crippen LogP contribution in [0, 0.1) is 11.8 Å². The summed E-state index contributed by atoms with van der Waals surface area (Å²) in [4.78, 5) is 11.1. The van der Waals surface area contributed by atoms with E-state index in [1.165, 1.54) is 19.3 Å². The number of rotatable bonds is 1. The number of benzene rings is 1. The van der Waals surface area contributed by atoms with Crippen LogP contribution in [-0.4, -0.2) is 23.1 Å². The molecule has 4 heteroatoms. The van der Waals surface area contributed by atoms with E-state index in [0.29, 0.717) is 5.02 Å². The molecular formula is C17H16ClN3. The van der Waals surface area contributed by atoms with Crippen LogP contribution in [0.3, 0.4) is 0 Å². The molecule has 1 aromatic carbocycles. The Hall–Kier alpha value is -2.05. The highest BCUT2D eigenvalue weighted by Crippen LogP contribution is 2.15. The quantitative estimate of drug-likeness (QED) is 0.754. The summed E-state index contributed by atoms with van der Waals surface area (Å²) in [6, 6.07) is 7.50. The van der Waals surface area contributed by atoms with Gasteiger partial charge in [0.1, 0.15) is 0 Å². The zero-order chi connectivity index (χ0) is 14.5. The van der Waals surface area contributed by atoms with E-state index in [9.17, 15) is 0 Å². The monoisotopic (exact) mass is 297 g/mol. The van der Waals surface area contributed by atoms with Crippen LogP contribution in [0.5, 0.6) is 0 Å². The lowest BCUT2D eigenvalue weighted by Gasteiger charge is -2.26. The molecule has 0 aliphatic carbocycles. The molecule has 0 bridgehead atoms. The van der Waals surface area contributed by atoms with Gasteiger partial charge in [-0.2, -0.15) is 0 Å². The van der Waals surface area contributed by atoms with Gasteiger partial charge in [-0.1, -0.05) is 29.5 Å². The number of aromatic nitrogens is 2. The van der Waals surface area contributed by atoms with Crippen LogP contribution in [0.2, 0.25) is 5.02 Å². The van der Waals surface area contributed by atoms with E-state index >= 15 is 0 Å². The molecule has 2 heterocycles. The molecule has 0 N–H and O–H groups in total. The predicted molar refractivity (Wildman–Crippen MR) is 85.5 cm³/mol. The minimum atomic E-state index is 0.693. The Morgan fingerprint density at radius 1 is 0.952 bits per heavy atom. The fraction of sp³-hybridized carbons (Fsp3) is 0.294. The zero-order valence-corrected chi connectivity index (χ0v) is 12.5. The van der Waals surface area contributed by atoms with Gasteiger partial charge in [0.25, 0.3) is 0 Å². The van der Waals surface area contributed by atoms with Gasteiger partial charge < -0.3 is 4.90 Å². The Morgan fingerprint density at radius 2 is 1.67 bits per heavy atom. The van der Waals surface area contributed by atoms with Crippen LogP contribution in [0.15, 0.2) is 36.7 Å². The molecule has 0 saturated carbocycles. The van der Waals surface area contributed by atoms with E-state index in [-0.39, 0.29) is 0 Å². The van der Waals surface area contributed by atoms with Crippen LogP contribution < -0.4 is 4.90 Å². The second kappa shape index (κ2) is 6.60. The first-order chi connectivity index (χ1) is 10.3. The van der Waals surface area contributed by atoms with Crippen LogP contribution in [0.1, 0.15) is 30.4 Å². The van der Waals surface area contributed by atoms with E-state index in [1.807, 2.05) is 24.3 Å². The van der Waals surface area contributed by atoms with Gasteiger partial charge in [-0.05, 0) is 37.5 Å². The van der Waals surface area contributed by atoms with Gasteiger partial charge in [-0.25, -0.2) is 9.97 Å². The van der Waals surface area contributed by atoms with E-state index < -0.39 is 0 Å². The molecule has 0 radical (unpaired) electrons. The van der Waals surface area contributed by atoms with E-state index in [1.54, 1.807) is 12.4 Å². The van der Waals surface area contributed by atoms with Crippen LogP contribution in [0.4, 0.5) is 5.95 Å². The predicted octanol–water partition coefficient (Wildman–Crippen LogP) is 3.52. The Kier molecular flexibility index (Phi) is 4.37. The number of anilines is 1. The lowest BCUT2D eigenvalue weighted by atomic mass is 10.1. The smallest absolute Gasteiger partial charge is 0.225 e. The molecule has 3 nitrogen and oxygen atoms in total. The van der Waals surface area contributed by atoms with E-state index in [0.717, 1.165) is 30.2 Å². The van der Waals surface area contributed by atoms with Crippen molar-refractivity contribution in [2.45, 2.75) is 19.3 Å². The van der Waals surface area contributed by atoms with Crippen molar-refractivity contribution in [3.05, 3.63) is 52.8 Å². The van der Waals surface area contributed by atoms with Gasteiger partial charge in [0, 0.05) is 36.1 Å². The summed E-state index contributed by atoms with van der Waals surface area (Å²) < 4.78 is 0. The average Bonchev–Trinajstić information content (AvgIpc) is 2.54. The van der Waals surface area contributed by atoms with Crippen molar-refractivity contribution in [3.63, 3.8) is 0 Å². The van der Waals surface area contributed by atoms with Gasteiger partial charge in [-0.15, -0.1) is 0 Å². The molecule has 3 rings (SSSR count). The summed E-state index contributed by atoms with van der Waals surface area (Å²) >= 11 is 5.94. The second-order valence-corrected chi connectivity index (χ2v) is 5.52. The van der Waals surface area contributed by atoms with Crippen LogP contribution >= 0.6 is 11.6 Å². The topological polar surface area (TPSA) is 29.0 Å². The summed E-state index contributed by atoms with van der Waals surface area (Å²) in [5.74, 6) is 6.95. The van der Waals surface area contributed by atoms with E-state index in [2.05, 4.69) is 26.7 Å². The Balaban J connectivity index is 1.73. The molecule has 0 spiro atoms. The summed E-state index contributed by atoms with van der Waals surface area (Å²) in [7, 11) is 0. The van der Waals surface area contributed by atoms with Crippen molar-refractivity contribution in [1.82, 2.24) is 9.97 Å². The SMILES string of the molecule is Clc1cccc(C#Cc2cnc(N3CCCCC3)nc2)c1. The van der Waals surface area contributed by atoms with Crippen molar-refractivity contribution in [2.24, 2.45) is 0 Å². The fourth-order valence-corrected chi connectivity index (χ4v) is 2.54. The number of nitrogens with zero attached hydrogens (tertiary/aromatic N) is 3. The molecule has 106 valence electrons. The van der Waals surface area contributed by atoms with Gasteiger partial charge in [0.15, 0.2) is 0 Å². The minimum Gasteiger partial charge on any atom is -0.341 e. The van der Waals surface area contributed by atoms with Gasteiger partial charge in [0.05, 0.1) is 5.56 Å². The Labute approximate surface area is 130 Å². The highest BCUT2D eigenvalue weighted by atomic mass is 35.5. The maximum absolute atomic E-state index is 5.94. The number of hydrogen-bond donors (Lipinski definition) is 0. The first-order valence-corrected chi connectivity index (χ1v) is 7.54. The maximum Gasteiger partial charge on any atom is 0.225 e. The second-order valence-electron chi connectivity index (χ2n) is 5.08. The third kappa shape index (κ3) is 3.74. The van der Waals surface area contributed by atoms with Crippen LogP contribution in [0.25, 0.3) is 0 Å². The van der Waals surface area contributed by atoms with Gasteiger partial charge >= 0.3 is 0 Å². The molecule has 1 aromatic heterocycles. The normalized spacial score (nSPS) is 14.4. The van der Waals surface area contributed by atoms with Crippen molar-refractivity contribution in [3.8, 4) is 11.8 Å². The largest absolute Gasteiger partial charge is 0.341 e. The third-order valence-corrected chi connectivity index (χ3v) is 3.69. The van der Waals surface area contributed by atoms with Gasteiger partial charge in [-0.3, -0.25) is 0 Å². The first-order valence-electron chi connectivity index (χ1n) is 7.16. The summed E-state index contributed by atoms with van der Waals surface area (Å²) in [5.41, 5.74) is 1.71. The lowest BCUT2D eigenvalue weighted by Crippen LogP contribution is -2.30. The van der Waals surface area contributed by atoms with Crippen molar-refractivity contribution in [2.75, 3.05) is 18.0 Å². The maximum atomic E-state index is 5.94. The molecule has 1 fully saturated rings. The molecule has 0 amide bonds. The molecule has 1 aliphatic heterocycles. The molecule has 0 atom stereocenters. The van der Waals surface area contributed by atoms with E-state index in [4.69, 9.17) is 11.6 Å². The minimum absolute atomic E-state index is 0.693. The lowest BCUT2D eigenvalue weighted by molar-refractivity contribution is 0.568. The summed E-state index contributed by atoms with van der Waals surface area (Å²) in [5, 5.41) is 0.693. The molecule has 21 heavy (non-hydrogen) atoms. The Morgan fingerprint density at radius 3 is 2.38 bits per heavy atom. The number of halogens is 1. The number of piperidine rings is 1. The molecular weight excluding hydrogens is 282 g/mol. The standard InChI is InChI=1S/C17H16ClN3/c18-16-6-4-5-14(11-16)7-8-15-12-19-17(20-13-15)21-9-2-1-3-10-21/h4-6,11-13H,1-3,9-10H2. The molecule has 2 aromatic rings. The van der Waals surface area contributed by atoms with Crippen molar-refractivity contribution in [1.29, 1.82) is 0 Å². The zero-order valence-electron chi connectivity index (χ0n) is 11.7. The van der Waals surface area contributed by atoms with Crippen molar-refractivity contribution < 1.29 is 0 Å². The Bertz CT molecular complexity index is 664. The van der Waals surface area contributed by atoms with Crippen molar-refractivity contribution >= 4 is 17.5 Å². The molecule has 1 aliphatic rings. The van der Waals surface area contributed by atoms with Gasteiger partial charge in [0.2, 0.25) is 5.95 Å². The van der Waals surface area contributed by atoms with Crippen LogP contribution in [-0.2, 0) is 0 Å². The highest BCUT2D eigenvalue weighted by Gasteiger charge is 2.12. The number of hydrogen-bond acceptors (Lipinski definition) is 3. The molecule has 0 unspecified atom stereocenters. The fourth-order valence-electron chi connectivity index (χ4n) is 2.35.